The summed E-state index contributed by atoms with van der Waals surface area (Å²) in [7, 11) is 1.60. The Kier molecular flexibility index (Phi) is 6.91. The van der Waals surface area contributed by atoms with Gasteiger partial charge in [-0.1, -0.05) is 12.1 Å². The molecule has 7 heteroatoms. The van der Waals surface area contributed by atoms with Gasteiger partial charge < -0.3 is 20.1 Å². The van der Waals surface area contributed by atoms with Crippen LogP contribution in [0, 0.1) is 0 Å². The van der Waals surface area contributed by atoms with E-state index in [1.54, 1.807) is 74.0 Å². The molecule has 7 nitrogen and oxygen atoms in total. The Labute approximate surface area is 168 Å². The van der Waals surface area contributed by atoms with Crippen molar-refractivity contribution < 1.29 is 19.1 Å². The van der Waals surface area contributed by atoms with Gasteiger partial charge in [0.15, 0.2) is 0 Å². The van der Waals surface area contributed by atoms with Crippen LogP contribution in [-0.4, -0.2) is 37.1 Å². The smallest absolute Gasteiger partial charge is 0.257 e. The molecule has 0 saturated heterocycles. The molecule has 29 heavy (non-hydrogen) atoms. The van der Waals surface area contributed by atoms with Crippen LogP contribution in [-0.2, 0) is 4.74 Å². The van der Waals surface area contributed by atoms with Crippen LogP contribution in [0.1, 0.15) is 20.7 Å². The van der Waals surface area contributed by atoms with Gasteiger partial charge in [-0.05, 0) is 42.5 Å². The molecule has 1 heterocycles. The number of anilines is 2. The van der Waals surface area contributed by atoms with Crippen LogP contribution in [0.4, 0.5) is 11.4 Å². The molecule has 2 amide bonds. The largest absolute Gasteiger partial charge is 0.491 e. The van der Waals surface area contributed by atoms with E-state index in [4.69, 9.17) is 9.47 Å². The number of benzene rings is 2. The normalized spacial score (nSPS) is 10.2. The number of carbonyl (C=O) groups excluding carboxylic acids is 2. The Hall–Kier alpha value is -3.71. The first-order valence-electron chi connectivity index (χ1n) is 9.00. The summed E-state index contributed by atoms with van der Waals surface area (Å²) in [5.74, 6) is 0.0467. The van der Waals surface area contributed by atoms with Gasteiger partial charge in [0.05, 0.1) is 12.2 Å². The zero-order valence-electron chi connectivity index (χ0n) is 15.9. The van der Waals surface area contributed by atoms with Crippen LogP contribution < -0.4 is 15.4 Å². The minimum absolute atomic E-state index is 0.295. The SMILES string of the molecule is COCCOc1cccc(NC(=O)c2cccc(NC(=O)c3cccnc3)c2)c1. The Morgan fingerprint density at radius 3 is 2.28 bits per heavy atom. The van der Waals surface area contributed by atoms with Crippen LogP contribution in [0.15, 0.2) is 73.1 Å². The van der Waals surface area contributed by atoms with Crippen molar-refractivity contribution in [2.45, 2.75) is 0 Å². The molecule has 2 aromatic carbocycles. The van der Waals surface area contributed by atoms with E-state index >= 15 is 0 Å². The first kappa shape index (κ1) is 20.0. The Morgan fingerprint density at radius 2 is 1.55 bits per heavy atom. The number of aromatic nitrogens is 1. The van der Waals surface area contributed by atoms with Gasteiger partial charge in [0.1, 0.15) is 12.4 Å². The second-order valence-corrected chi connectivity index (χ2v) is 6.10. The summed E-state index contributed by atoms with van der Waals surface area (Å²) in [4.78, 5) is 28.8. The summed E-state index contributed by atoms with van der Waals surface area (Å²) in [6, 6.07) is 17.2. The predicted molar refractivity (Wildman–Crippen MR) is 110 cm³/mol. The van der Waals surface area contributed by atoms with Crippen molar-refractivity contribution in [3.05, 3.63) is 84.2 Å². The second-order valence-electron chi connectivity index (χ2n) is 6.10. The maximum absolute atomic E-state index is 12.6. The molecule has 3 aromatic rings. The molecule has 0 aliphatic carbocycles. The number of methoxy groups -OCH3 is 1. The van der Waals surface area contributed by atoms with Crippen LogP contribution in [0.2, 0.25) is 0 Å². The van der Waals surface area contributed by atoms with Crippen molar-refractivity contribution in [2.75, 3.05) is 31.0 Å². The van der Waals surface area contributed by atoms with Crippen LogP contribution in [0.5, 0.6) is 5.75 Å². The van der Waals surface area contributed by atoms with E-state index in [1.165, 1.54) is 6.20 Å². The summed E-state index contributed by atoms with van der Waals surface area (Å²) >= 11 is 0. The molecule has 0 aliphatic heterocycles. The fourth-order valence-corrected chi connectivity index (χ4v) is 2.55. The highest BCUT2D eigenvalue weighted by Gasteiger charge is 2.10. The first-order chi connectivity index (χ1) is 14.2. The highest BCUT2D eigenvalue weighted by Crippen LogP contribution is 2.19. The van der Waals surface area contributed by atoms with Gasteiger partial charge >= 0.3 is 0 Å². The summed E-state index contributed by atoms with van der Waals surface area (Å²) in [5.41, 5.74) is 1.98. The van der Waals surface area contributed by atoms with E-state index in [2.05, 4.69) is 15.6 Å². The Balaban J connectivity index is 1.65. The summed E-state index contributed by atoms with van der Waals surface area (Å²) in [6.07, 6.45) is 3.08. The highest BCUT2D eigenvalue weighted by atomic mass is 16.5. The van der Waals surface area contributed by atoms with Gasteiger partial charge in [-0.3, -0.25) is 14.6 Å². The lowest BCUT2D eigenvalue weighted by molar-refractivity contribution is 0.101. The number of pyridine rings is 1. The molecular weight excluding hydrogens is 370 g/mol. The lowest BCUT2D eigenvalue weighted by Crippen LogP contribution is -2.15. The van der Waals surface area contributed by atoms with E-state index < -0.39 is 0 Å². The zero-order chi connectivity index (χ0) is 20.5. The number of hydrogen-bond acceptors (Lipinski definition) is 5. The lowest BCUT2D eigenvalue weighted by atomic mass is 10.1. The van der Waals surface area contributed by atoms with E-state index in [1.807, 2.05) is 0 Å². The van der Waals surface area contributed by atoms with E-state index in [0.29, 0.717) is 41.5 Å². The molecule has 0 fully saturated rings. The van der Waals surface area contributed by atoms with Gasteiger partial charge in [0, 0.05) is 42.5 Å². The molecule has 0 atom stereocenters. The number of ether oxygens (including phenoxy) is 2. The molecule has 0 bridgehead atoms. The molecule has 2 N–H and O–H groups in total. The van der Waals surface area contributed by atoms with Crippen LogP contribution in [0.3, 0.4) is 0 Å². The number of carbonyl (C=O) groups is 2. The van der Waals surface area contributed by atoms with Crippen molar-refractivity contribution in [2.24, 2.45) is 0 Å². The molecule has 148 valence electrons. The van der Waals surface area contributed by atoms with Gasteiger partial charge in [0.25, 0.3) is 11.8 Å². The fraction of sp³-hybridized carbons (Fsp3) is 0.136. The average molecular weight is 391 g/mol. The number of hydrogen-bond donors (Lipinski definition) is 2. The number of amides is 2. The third kappa shape index (κ3) is 5.88. The second kappa shape index (κ2) is 10.0. The lowest BCUT2D eigenvalue weighted by Gasteiger charge is -2.10. The molecule has 0 unspecified atom stereocenters. The van der Waals surface area contributed by atoms with E-state index in [0.717, 1.165) is 0 Å². The fourth-order valence-electron chi connectivity index (χ4n) is 2.55. The maximum atomic E-state index is 12.6. The van der Waals surface area contributed by atoms with Crippen LogP contribution in [0.25, 0.3) is 0 Å². The van der Waals surface area contributed by atoms with Crippen molar-refractivity contribution in [3.63, 3.8) is 0 Å². The molecule has 0 aliphatic rings. The molecule has 0 saturated carbocycles. The summed E-state index contributed by atoms with van der Waals surface area (Å²) in [5, 5.41) is 5.59. The van der Waals surface area contributed by atoms with Crippen molar-refractivity contribution in [1.29, 1.82) is 0 Å². The van der Waals surface area contributed by atoms with Gasteiger partial charge in [-0.2, -0.15) is 0 Å². The zero-order valence-corrected chi connectivity index (χ0v) is 15.9. The van der Waals surface area contributed by atoms with E-state index in [9.17, 15) is 9.59 Å². The van der Waals surface area contributed by atoms with Crippen molar-refractivity contribution >= 4 is 23.2 Å². The summed E-state index contributed by atoms with van der Waals surface area (Å²) < 4.78 is 10.5. The molecular formula is C22H21N3O4. The number of nitrogens with zero attached hydrogens (tertiary/aromatic N) is 1. The minimum Gasteiger partial charge on any atom is -0.491 e. The summed E-state index contributed by atoms with van der Waals surface area (Å²) in [6.45, 7) is 0.903. The van der Waals surface area contributed by atoms with Crippen LogP contribution >= 0.6 is 0 Å². The van der Waals surface area contributed by atoms with Crippen molar-refractivity contribution in [1.82, 2.24) is 4.98 Å². The first-order valence-corrected chi connectivity index (χ1v) is 9.00. The number of rotatable bonds is 8. The monoisotopic (exact) mass is 391 g/mol. The maximum Gasteiger partial charge on any atom is 0.257 e. The molecule has 0 radical (unpaired) electrons. The van der Waals surface area contributed by atoms with Gasteiger partial charge in [-0.25, -0.2) is 0 Å². The third-order valence-electron chi connectivity index (χ3n) is 3.95. The highest BCUT2D eigenvalue weighted by molar-refractivity contribution is 6.07. The average Bonchev–Trinajstić information content (AvgIpc) is 2.75. The Bertz CT molecular complexity index is 977. The quantitative estimate of drug-likeness (QED) is 0.573. The van der Waals surface area contributed by atoms with E-state index in [-0.39, 0.29) is 11.8 Å². The number of nitrogens with one attached hydrogen (secondary N) is 2. The molecule has 0 spiro atoms. The van der Waals surface area contributed by atoms with Crippen molar-refractivity contribution in [3.8, 4) is 5.75 Å². The molecule has 1 aromatic heterocycles. The Morgan fingerprint density at radius 1 is 0.862 bits per heavy atom. The van der Waals surface area contributed by atoms with Gasteiger partial charge in [-0.15, -0.1) is 0 Å². The predicted octanol–water partition coefficient (Wildman–Crippen LogP) is 3.61. The van der Waals surface area contributed by atoms with Gasteiger partial charge in [0.2, 0.25) is 0 Å². The standard InChI is InChI=1S/C22H21N3O4/c1-28-11-12-29-20-9-3-8-19(14-20)25-21(26)16-5-2-7-18(13-16)24-22(27)17-6-4-10-23-15-17/h2-10,13-15H,11-12H2,1H3,(H,24,27)(H,25,26). The third-order valence-corrected chi connectivity index (χ3v) is 3.95. The topological polar surface area (TPSA) is 89.5 Å². The molecule has 3 rings (SSSR count). The minimum atomic E-state index is -0.295.